The molecular formula is C16H18FNO2S. The van der Waals surface area contributed by atoms with E-state index < -0.39 is 15.8 Å². The Morgan fingerprint density at radius 2 is 1.48 bits per heavy atom. The van der Waals surface area contributed by atoms with Gasteiger partial charge in [0.2, 0.25) is 0 Å². The minimum Gasteiger partial charge on any atom is -0.279 e. The van der Waals surface area contributed by atoms with Gasteiger partial charge >= 0.3 is 0 Å². The zero-order chi connectivity index (χ0) is 15.5. The van der Waals surface area contributed by atoms with Crippen LogP contribution in [0, 0.1) is 5.82 Å². The molecule has 0 bridgehead atoms. The molecule has 0 aromatic heterocycles. The number of halogens is 1. The highest BCUT2D eigenvalue weighted by atomic mass is 32.2. The third-order valence-corrected chi connectivity index (χ3v) is 4.72. The van der Waals surface area contributed by atoms with Gasteiger partial charge in [0, 0.05) is 0 Å². The zero-order valence-electron chi connectivity index (χ0n) is 12.1. The molecule has 0 saturated heterocycles. The summed E-state index contributed by atoms with van der Waals surface area (Å²) in [5.74, 6) is -0.461. The lowest BCUT2D eigenvalue weighted by molar-refractivity contribution is 0.599. The molecule has 0 amide bonds. The van der Waals surface area contributed by atoms with E-state index in [9.17, 15) is 12.8 Å². The largest absolute Gasteiger partial charge is 0.279 e. The first-order valence-corrected chi connectivity index (χ1v) is 8.35. The molecule has 5 heteroatoms. The van der Waals surface area contributed by atoms with Gasteiger partial charge in [-0.2, -0.15) is 0 Å². The van der Waals surface area contributed by atoms with Gasteiger partial charge in [-0.3, -0.25) is 4.72 Å². The van der Waals surface area contributed by atoms with Crippen LogP contribution in [0.1, 0.15) is 25.0 Å². The molecule has 2 rings (SSSR count). The van der Waals surface area contributed by atoms with Crippen molar-refractivity contribution in [2.24, 2.45) is 0 Å². The van der Waals surface area contributed by atoms with Crippen LogP contribution in [0.2, 0.25) is 0 Å². The molecule has 0 heterocycles. The maximum Gasteiger partial charge on any atom is 0.261 e. The number of hydrogen-bond donors (Lipinski definition) is 1. The number of hydrogen-bond acceptors (Lipinski definition) is 2. The van der Waals surface area contributed by atoms with E-state index in [1.54, 1.807) is 0 Å². The summed E-state index contributed by atoms with van der Waals surface area (Å²) in [6.45, 7) is 3.95. The molecule has 2 aromatic carbocycles. The van der Waals surface area contributed by atoms with Gasteiger partial charge in [0.15, 0.2) is 0 Å². The lowest BCUT2D eigenvalue weighted by Gasteiger charge is -2.15. The average molecular weight is 307 g/mol. The van der Waals surface area contributed by atoms with Crippen LogP contribution in [0.15, 0.2) is 47.4 Å². The second-order valence-corrected chi connectivity index (χ2v) is 6.40. The molecule has 112 valence electrons. The maximum atomic E-state index is 12.9. The van der Waals surface area contributed by atoms with Gasteiger partial charge in [-0.1, -0.05) is 32.0 Å². The Hall–Kier alpha value is -1.88. The Kier molecular flexibility index (Phi) is 4.63. The SMILES string of the molecule is CCc1cccc(CC)c1NS(=O)(=O)c1ccc(F)cc1. The number of para-hydroxylation sites is 1. The van der Waals surface area contributed by atoms with Gasteiger partial charge in [0.25, 0.3) is 10.0 Å². The van der Waals surface area contributed by atoms with E-state index in [1.165, 1.54) is 12.1 Å². The van der Waals surface area contributed by atoms with Crippen molar-refractivity contribution >= 4 is 15.7 Å². The molecule has 1 N–H and O–H groups in total. The molecule has 0 atom stereocenters. The van der Waals surface area contributed by atoms with Crippen LogP contribution < -0.4 is 4.72 Å². The topological polar surface area (TPSA) is 46.2 Å². The monoisotopic (exact) mass is 307 g/mol. The van der Waals surface area contributed by atoms with Crippen LogP contribution in [-0.2, 0) is 22.9 Å². The van der Waals surface area contributed by atoms with Gasteiger partial charge in [-0.05, 0) is 48.2 Å². The van der Waals surface area contributed by atoms with Crippen LogP contribution in [0.3, 0.4) is 0 Å². The average Bonchev–Trinajstić information content (AvgIpc) is 2.47. The third-order valence-electron chi connectivity index (χ3n) is 3.36. The quantitative estimate of drug-likeness (QED) is 0.914. The Bertz CT molecular complexity index is 702. The normalized spacial score (nSPS) is 11.4. The van der Waals surface area contributed by atoms with Crippen LogP contribution in [-0.4, -0.2) is 8.42 Å². The molecule has 0 unspecified atom stereocenters. The number of benzene rings is 2. The molecule has 0 spiro atoms. The zero-order valence-corrected chi connectivity index (χ0v) is 12.9. The van der Waals surface area contributed by atoms with E-state index in [0.717, 1.165) is 36.1 Å². The lowest BCUT2D eigenvalue weighted by atomic mass is 10.0. The molecule has 0 aliphatic rings. The number of anilines is 1. The van der Waals surface area contributed by atoms with E-state index in [2.05, 4.69) is 4.72 Å². The molecule has 3 nitrogen and oxygen atoms in total. The standard InChI is InChI=1S/C16H18FNO2S/c1-3-12-6-5-7-13(4-2)16(12)18-21(19,20)15-10-8-14(17)9-11-15/h5-11,18H,3-4H2,1-2H3. The summed E-state index contributed by atoms with van der Waals surface area (Å²) in [6, 6.07) is 10.5. The van der Waals surface area contributed by atoms with E-state index in [4.69, 9.17) is 0 Å². The summed E-state index contributed by atoms with van der Waals surface area (Å²) < 4.78 is 40.4. The van der Waals surface area contributed by atoms with Crippen molar-refractivity contribution in [1.29, 1.82) is 0 Å². The van der Waals surface area contributed by atoms with Gasteiger partial charge in [0.1, 0.15) is 5.82 Å². The minimum atomic E-state index is -3.71. The van der Waals surface area contributed by atoms with Gasteiger partial charge in [-0.15, -0.1) is 0 Å². The molecule has 0 aliphatic heterocycles. The fourth-order valence-electron chi connectivity index (χ4n) is 2.18. The van der Waals surface area contributed by atoms with Crippen molar-refractivity contribution in [2.75, 3.05) is 4.72 Å². The highest BCUT2D eigenvalue weighted by Crippen LogP contribution is 2.25. The molecule has 0 radical (unpaired) electrons. The fraction of sp³-hybridized carbons (Fsp3) is 0.250. The fourth-order valence-corrected chi connectivity index (χ4v) is 3.32. The van der Waals surface area contributed by atoms with Crippen LogP contribution >= 0.6 is 0 Å². The smallest absolute Gasteiger partial charge is 0.261 e. The number of rotatable bonds is 5. The predicted molar refractivity (Wildman–Crippen MR) is 82.4 cm³/mol. The second kappa shape index (κ2) is 6.26. The highest BCUT2D eigenvalue weighted by Gasteiger charge is 2.17. The molecule has 0 aliphatic carbocycles. The van der Waals surface area contributed by atoms with Crippen molar-refractivity contribution in [2.45, 2.75) is 31.6 Å². The van der Waals surface area contributed by atoms with E-state index in [1.807, 2.05) is 32.0 Å². The summed E-state index contributed by atoms with van der Waals surface area (Å²) in [5, 5.41) is 0. The maximum absolute atomic E-state index is 12.9. The Balaban J connectivity index is 2.43. The van der Waals surface area contributed by atoms with Crippen molar-refractivity contribution in [3.8, 4) is 0 Å². The molecular weight excluding hydrogens is 289 g/mol. The summed E-state index contributed by atoms with van der Waals surface area (Å²) >= 11 is 0. The van der Waals surface area contributed by atoms with Crippen LogP contribution in [0.5, 0.6) is 0 Å². The third kappa shape index (κ3) is 3.42. The Labute approximate surface area is 124 Å². The van der Waals surface area contributed by atoms with Gasteiger partial charge in [0.05, 0.1) is 10.6 Å². The van der Waals surface area contributed by atoms with Crippen LogP contribution in [0.25, 0.3) is 0 Å². The molecule has 2 aromatic rings. The van der Waals surface area contributed by atoms with Gasteiger partial charge in [-0.25, -0.2) is 12.8 Å². The predicted octanol–water partition coefficient (Wildman–Crippen LogP) is 3.75. The highest BCUT2D eigenvalue weighted by molar-refractivity contribution is 7.92. The van der Waals surface area contributed by atoms with Crippen molar-refractivity contribution in [3.63, 3.8) is 0 Å². The molecule has 0 saturated carbocycles. The van der Waals surface area contributed by atoms with Gasteiger partial charge < -0.3 is 0 Å². The lowest BCUT2D eigenvalue weighted by Crippen LogP contribution is -2.15. The van der Waals surface area contributed by atoms with Crippen molar-refractivity contribution in [1.82, 2.24) is 0 Å². The first-order chi connectivity index (χ1) is 9.97. The van der Waals surface area contributed by atoms with E-state index in [0.29, 0.717) is 5.69 Å². The molecule has 21 heavy (non-hydrogen) atoms. The molecule has 0 fully saturated rings. The Morgan fingerprint density at radius 1 is 0.952 bits per heavy atom. The summed E-state index contributed by atoms with van der Waals surface area (Å²) in [4.78, 5) is 0.0526. The minimum absolute atomic E-state index is 0.0526. The van der Waals surface area contributed by atoms with E-state index in [-0.39, 0.29) is 4.90 Å². The Morgan fingerprint density at radius 3 is 1.95 bits per heavy atom. The number of sulfonamides is 1. The number of nitrogens with one attached hydrogen (secondary N) is 1. The first-order valence-electron chi connectivity index (χ1n) is 6.87. The second-order valence-electron chi connectivity index (χ2n) is 4.72. The summed E-state index contributed by atoms with van der Waals surface area (Å²) in [7, 11) is -3.71. The van der Waals surface area contributed by atoms with E-state index >= 15 is 0 Å². The summed E-state index contributed by atoms with van der Waals surface area (Å²) in [5.41, 5.74) is 2.52. The van der Waals surface area contributed by atoms with Crippen molar-refractivity contribution < 1.29 is 12.8 Å². The summed E-state index contributed by atoms with van der Waals surface area (Å²) in [6.07, 6.45) is 1.46. The first kappa shape index (κ1) is 15.5. The number of aryl methyl sites for hydroxylation is 2. The van der Waals surface area contributed by atoms with Crippen LogP contribution in [0.4, 0.5) is 10.1 Å². The van der Waals surface area contributed by atoms with Crippen molar-refractivity contribution in [3.05, 3.63) is 59.4 Å².